The van der Waals surface area contributed by atoms with Crippen LogP contribution in [0.3, 0.4) is 0 Å². The SMILES string of the molecule is C/C=C(\C=C/C(C)n1c2ccccc2c2ccc3c(c21)C1(c2ccccc2-3)c2ccccc2-c2c1ccc1c2[nH]c2ccccc21)n1c2ccccc2c2ccccc21. The molecule has 3 heterocycles. The Hall–Kier alpha value is -7.36. The maximum Gasteiger partial charge on any atom is 0.0747 e. The molecule has 0 saturated carbocycles. The minimum Gasteiger partial charge on any atom is -0.354 e. The van der Waals surface area contributed by atoms with E-state index in [0.717, 1.165) is 5.70 Å². The van der Waals surface area contributed by atoms with E-state index in [1.807, 2.05) is 0 Å². The minimum absolute atomic E-state index is 0.0278. The summed E-state index contributed by atoms with van der Waals surface area (Å²) in [5.74, 6) is 0. The first-order valence-corrected chi connectivity index (χ1v) is 20.8. The number of para-hydroxylation sites is 4. The Kier molecular flexibility index (Phi) is 6.56. The third-order valence-electron chi connectivity index (χ3n) is 13.6. The number of benzene rings is 8. The summed E-state index contributed by atoms with van der Waals surface area (Å²) in [6, 6.07) is 63.3. The first-order valence-electron chi connectivity index (χ1n) is 20.8. The molecule has 1 spiro atoms. The number of hydrogen-bond acceptors (Lipinski definition) is 0. The first-order chi connectivity index (χ1) is 29.2. The summed E-state index contributed by atoms with van der Waals surface area (Å²) in [5.41, 5.74) is 18.7. The molecule has 0 radical (unpaired) electrons. The number of hydrogen-bond donors (Lipinski definition) is 1. The topological polar surface area (TPSA) is 25.6 Å². The largest absolute Gasteiger partial charge is 0.354 e. The molecule has 0 fully saturated rings. The fraction of sp³-hybridized carbons (Fsp3) is 0.0714. The molecule has 2 unspecified atom stereocenters. The van der Waals surface area contributed by atoms with Gasteiger partial charge in [-0.15, -0.1) is 0 Å². The molecule has 2 aliphatic rings. The maximum absolute atomic E-state index is 3.91. The van der Waals surface area contributed by atoms with E-state index in [1.54, 1.807) is 0 Å². The van der Waals surface area contributed by atoms with E-state index < -0.39 is 5.41 Å². The van der Waals surface area contributed by atoms with Gasteiger partial charge in [-0.1, -0.05) is 158 Å². The van der Waals surface area contributed by atoms with Gasteiger partial charge >= 0.3 is 0 Å². The molecular weight excluding hydrogens is 715 g/mol. The second kappa shape index (κ2) is 11.8. The lowest BCUT2D eigenvalue weighted by molar-refractivity contribution is 0.700. The van der Waals surface area contributed by atoms with Crippen molar-refractivity contribution in [1.82, 2.24) is 14.1 Å². The van der Waals surface area contributed by atoms with Crippen LogP contribution in [0.2, 0.25) is 0 Å². The number of H-pyrrole nitrogens is 1. The monoisotopic (exact) mass is 753 g/mol. The third-order valence-corrected chi connectivity index (χ3v) is 13.6. The lowest BCUT2D eigenvalue weighted by atomic mass is 9.70. The van der Waals surface area contributed by atoms with Crippen LogP contribution in [0.25, 0.3) is 93.4 Å². The van der Waals surface area contributed by atoms with Gasteiger partial charge in [0.1, 0.15) is 0 Å². The van der Waals surface area contributed by atoms with Crippen LogP contribution in [0.4, 0.5) is 0 Å². The van der Waals surface area contributed by atoms with E-state index in [1.165, 1.54) is 110 Å². The van der Waals surface area contributed by atoms with Crippen LogP contribution in [0.5, 0.6) is 0 Å². The summed E-state index contributed by atoms with van der Waals surface area (Å²) in [6.07, 6.45) is 6.99. The van der Waals surface area contributed by atoms with Gasteiger partial charge in [-0.3, -0.25) is 0 Å². The molecule has 8 aromatic carbocycles. The normalized spacial score (nSPS) is 16.3. The quantitative estimate of drug-likeness (QED) is 0.173. The number of aromatic amines is 1. The third kappa shape index (κ3) is 4.07. The van der Waals surface area contributed by atoms with E-state index in [-0.39, 0.29) is 6.04 Å². The summed E-state index contributed by atoms with van der Waals surface area (Å²) in [6.45, 7) is 4.52. The summed E-state index contributed by atoms with van der Waals surface area (Å²) < 4.78 is 5.05. The molecule has 13 rings (SSSR count). The lowest BCUT2D eigenvalue weighted by Gasteiger charge is -2.32. The molecule has 3 heteroatoms. The van der Waals surface area contributed by atoms with Crippen molar-refractivity contribution < 1.29 is 0 Å². The molecule has 278 valence electrons. The zero-order valence-electron chi connectivity index (χ0n) is 32.9. The van der Waals surface area contributed by atoms with E-state index in [9.17, 15) is 0 Å². The maximum atomic E-state index is 3.91. The molecule has 1 N–H and O–H groups in total. The molecule has 11 aromatic rings. The molecule has 2 atom stereocenters. The second-order valence-corrected chi connectivity index (χ2v) is 16.4. The van der Waals surface area contributed by atoms with Crippen molar-refractivity contribution in [2.75, 3.05) is 0 Å². The van der Waals surface area contributed by atoms with Crippen molar-refractivity contribution in [2.24, 2.45) is 0 Å². The number of aromatic nitrogens is 3. The summed E-state index contributed by atoms with van der Waals surface area (Å²) in [7, 11) is 0. The number of nitrogens with zero attached hydrogens (tertiary/aromatic N) is 2. The highest BCUT2D eigenvalue weighted by molar-refractivity contribution is 6.18. The molecule has 2 aliphatic carbocycles. The molecular formula is C56H39N3. The lowest BCUT2D eigenvalue weighted by Crippen LogP contribution is -2.27. The van der Waals surface area contributed by atoms with Gasteiger partial charge in [0.05, 0.1) is 27.5 Å². The Morgan fingerprint density at radius 2 is 1.10 bits per heavy atom. The average Bonchev–Trinajstić information content (AvgIpc) is 4.07. The number of nitrogens with one attached hydrogen (secondary N) is 1. The Labute approximate surface area is 341 Å². The zero-order chi connectivity index (χ0) is 39.0. The Morgan fingerprint density at radius 3 is 1.83 bits per heavy atom. The smallest absolute Gasteiger partial charge is 0.0747 e. The molecule has 3 aromatic heterocycles. The van der Waals surface area contributed by atoms with Crippen molar-refractivity contribution in [3.63, 3.8) is 0 Å². The fourth-order valence-corrected chi connectivity index (χ4v) is 11.4. The van der Waals surface area contributed by atoms with Gasteiger partial charge in [0.25, 0.3) is 0 Å². The molecule has 0 aliphatic heterocycles. The van der Waals surface area contributed by atoms with Crippen LogP contribution in [-0.2, 0) is 5.41 Å². The van der Waals surface area contributed by atoms with Crippen LogP contribution >= 0.6 is 0 Å². The van der Waals surface area contributed by atoms with Crippen molar-refractivity contribution in [3.05, 3.63) is 210 Å². The van der Waals surface area contributed by atoms with Gasteiger partial charge in [-0.2, -0.15) is 0 Å². The van der Waals surface area contributed by atoms with Crippen molar-refractivity contribution >= 4 is 71.1 Å². The molecule has 0 amide bonds. The minimum atomic E-state index is -0.518. The Bertz CT molecular complexity index is 3600. The Morgan fingerprint density at radius 1 is 0.525 bits per heavy atom. The van der Waals surface area contributed by atoms with Gasteiger partial charge in [-0.25, -0.2) is 0 Å². The first kappa shape index (κ1) is 32.7. The molecule has 0 bridgehead atoms. The van der Waals surface area contributed by atoms with E-state index >= 15 is 0 Å². The van der Waals surface area contributed by atoms with E-state index in [2.05, 4.69) is 216 Å². The van der Waals surface area contributed by atoms with Crippen LogP contribution < -0.4 is 0 Å². The van der Waals surface area contributed by atoms with Gasteiger partial charge < -0.3 is 14.1 Å². The van der Waals surface area contributed by atoms with E-state index in [0.29, 0.717) is 0 Å². The van der Waals surface area contributed by atoms with E-state index in [4.69, 9.17) is 0 Å². The van der Waals surface area contributed by atoms with Crippen molar-refractivity contribution in [1.29, 1.82) is 0 Å². The highest BCUT2D eigenvalue weighted by Gasteiger charge is 2.53. The van der Waals surface area contributed by atoms with Crippen LogP contribution in [0.1, 0.15) is 42.1 Å². The highest BCUT2D eigenvalue weighted by atomic mass is 15.0. The van der Waals surface area contributed by atoms with Crippen molar-refractivity contribution in [2.45, 2.75) is 25.3 Å². The van der Waals surface area contributed by atoms with Crippen LogP contribution in [0, 0.1) is 0 Å². The van der Waals surface area contributed by atoms with Crippen LogP contribution in [-0.4, -0.2) is 14.1 Å². The zero-order valence-corrected chi connectivity index (χ0v) is 32.9. The molecule has 0 saturated heterocycles. The average molecular weight is 754 g/mol. The number of fused-ring (bicyclic) bond motifs is 21. The molecule has 59 heavy (non-hydrogen) atoms. The number of rotatable bonds is 4. The predicted molar refractivity (Wildman–Crippen MR) is 248 cm³/mol. The fourth-order valence-electron chi connectivity index (χ4n) is 11.4. The van der Waals surface area contributed by atoms with Gasteiger partial charge in [0, 0.05) is 66.2 Å². The van der Waals surface area contributed by atoms with Gasteiger partial charge in [-0.05, 0) is 77.6 Å². The van der Waals surface area contributed by atoms with Gasteiger partial charge in [0.2, 0.25) is 0 Å². The van der Waals surface area contributed by atoms with Crippen LogP contribution in [0.15, 0.2) is 188 Å². The standard InChI is InChI=1S/C56H39N3/c1-3-35(59-50-26-14-7-18-38(50)39-19-8-15-27-51(39)59)29-28-34(2)58-49-25-13-9-20-40(49)43-31-30-41-36-16-4-10-22-45(36)56(53(41)55(43)58)46-23-11-5-21-44(46)52-47(56)33-32-42-37-17-6-12-24-48(37)57-54(42)52/h3-34,57H,1-2H3/b29-28-,35-3+. The predicted octanol–water partition coefficient (Wildman–Crippen LogP) is 14.6. The summed E-state index contributed by atoms with van der Waals surface area (Å²) in [4.78, 5) is 3.91. The van der Waals surface area contributed by atoms with Gasteiger partial charge in [0.15, 0.2) is 0 Å². The second-order valence-electron chi connectivity index (χ2n) is 16.4. The highest BCUT2D eigenvalue weighted by Crippen LogP contribution is 2.65. The molecule has 3 nitrogen and oxygen atoms in total. The summed E-state index contributed by atoms with van der Waals surface area (Å²) in [5, 5.41) is 7.65. The van der Waals surface area contributed by atoms with Crippen molar-refractivity contribution in [3.8, 4) is 22.3 Å². The number of allylic oxidation sites excluding steroid dienone is 4. The summed E-state index contributed by atoms with van der Waals surface area (Å²) >= 11 is 0. The Balaban J connectivity index is 1.10.